The summed E-state index contributed by atoms with van der Waals surface area (Å²) in [7, 11) is 0. The minimum Gasteiger partial charge on any atom is -0.453 e. The van der Waals surface area contributed by atoms with Gasteiger partial charge in [0.05, 0.1) is 22.7 Å². The topological polar surface area (TPSA) is 49.9 Å². The van der Waals surface area contributed by atoms with Crippen molar-refractivity contribution in [2.45, 2.75) is 12.5 Å². The summed E-state index contributed by atoms with van der Waals surface area (Å²) < 4.78 is 5.39. The molecule has 1 atom stereocenters. The Kier molecular flexibility index (Phi) is 4.55. The molecule has 2 heterocycles. The van der Waals surface area contributed by atoms with Crippen LogP contribution in [0.2, 0.25) is 5.02 Å². The van der Waals surface area contributed by atoms with E-state index in [1.807, 2.05) is 41.3 Å². The normalized spacial score (nSPS) is 19.3. The minimum atomic E-state index is -0.479. The van der Waals surface area contributed by atoms with Crippen molar-refractivity contribution in [3.63, 3.8) is 0 Å². The first-order chi connectivity index (χ1) is 12.6. The van der Waals surface area contributed by atoms with Crippen LogP contribution in [-0.4, -0.2) is 43.0 Å². The molecule has 0 aromatic heterocycles. The van der Waals surface area contributed by atoms with Gasteiger partial charge < -0.3 is 14.5 Å². The maximum Gasteiger partial charge on any atom is 0.339 e. The Morgan fingerprint density at radius 3 is 2.50 bits per heavy atom. The fourth-order valence-corrected chi connectivity index (χ4v) is 3.82. The van der Waals surface area contributed by atoms with Crippen LogP contribution in [-0.2, 0) is 9.53 Å². The molecule has 2 aliphatic rings. The number of hydrogen-bond donors (Lipinski definition) is 0. The molecule has 4 rings (SSSR count). The van der Waals surface area contributed by atoms with E-state index in [1.165, 1.54) is 0 Å². The van der Waals surface area contributed by atoms with Gasteiger partial charge in [-0.1, -0.05) is 41.9 Å². The first-order valence-corrected chi connectivity index (χ1v) is 9.08. The van der Waals surface area contributed by atoms with Crippen molar-refractivity contribution in [3.8, 4) is 0 Å². The maximum atomic E-state index is 12.7. The molecule has 26 heavy (non-hydrogen) atoms. The van der Waals surface area contributed by atoms with Crippen molar-refractivity contribution in [1.29, 1.82) is 0 Å². The van der Waals surface area contributed by atoms with E-state index in [2.05, 4.69) is 4.90 Å². The van der Waals surface area contributed by atoms with Crippen LogP contribution in [0.5, 0.6) is 0 Å². The highest BCUT2D eigenvalue weighted by atomic mass is 35.5. The third kappa shape index (κ3) is 3.15. The molecule has 2 aromatic carbocycles. The van der Waals surface area contributed by atoms with Crippen LogP contribution < -0.4 is 4.90 Å². The average molecular weight is 371 g/mol. The molecule has 0 bridgehead atoms. The smallest absolute Gasteiger partial charge is 0.339 e. The molecule has 5 nitrogen and oxygen atoms in total. The van der Waals surface area contributed by atoms with Crippen molar-refractivity contribution in [2.24, 2.45) is 0 Å². The number of ether oxygens (including phenoxy) is 1. The van der Waals surface area contributed by atoms with Gasteiger partial charge in [-0.15, -0.1) is 0 Å². The summed E-state index contributed by atoms with van der Waals surface area (Å²) in [5.41, 5.74) is 2.37. The van der Waals surface area contributed by atoms with E-state index in [-0.39, 0.29) is 18.3 Å². The lowest BCUT2D eigenvalue weighted by atomic mass is 10.0. The third-order valence-electron chi connectivity index (χ3n) is 4.96. The Bertz CT molecular complexity index is 846. The van der Waals surface area contributed by atoms with Gasteiger partial charge in [0.2, 0.25) is 5.91 Å². The van der Waals surface area contributed by atoms with Gasteiger partial charge in [-0.2, -0.15) is 0 Å². The fraction of sp³-hybridized carbons (Fsp3) is 0.300. The average Bonchev–Trinajstić information content (AvgIpc) is 2.98. The number of esters is 1. The lowest BCUT2D eigenvalue weighted by Crippen LogP contribution is -2.49. The van der Waals surface area contributed by atoms with Crippen LogP contribution in [0.4, 0.5) is 5.69 Å². The number of piperazine rings is 1. The van der Waals surface area contributed by atoms with Gasteiger partial charge in [-0.3, -0.25) is 4.79 Å². The molecule has 0 aliphatic carbocycles. The SMILES string of the molecule is O=C1O[C@H](CC(=O)N2CCN(c3ccccc3Cl)CC2)c2ccccc21. The van der Waals surface area contributed by atoms with Crippen molar-refractivity contribution in [1.82, 2.24) is 4.90 Å². The summed E-state index contributed by atoms with van der Waals surface area (Å²) in [6, 6.07) is 15.0. The minimum absolute atomic E-state index is 0.0123. The van der Waals surface area contributed by atoms with E-state index in [4.69, 9.17) is 16.3 Å². The molecule has 1 saturated heterocycles. The Morgan fingerprint density at radius 2 is 1.73 bits per heavy atom. The summed E-state index contributed by atoms with van der Waals surface area (Å²) in [5, 5.41) is 0.724. The summed E-state index contributed by atoms with van der Waals surface area (Å²) in [6.45, 7) is 2.73. The van der Waals surface area contributed by atoms with Gasteiger partial charge in [0.15, 0.2) is 0 Å². The highest BCUT2D eigenvalue weighted by Gasteiger charge is 2.33. The molecule has 0 unspecified atom stereocenters. The maximum absolute atomic E-state index is 12.7. The van der Waals surface area contributed by atoms with Crippen LogP contribution in [0.25, 0.3) is 0 Å². The number of rotatable bonds is 3. The molecule has 0 spiro atoms. The molecule has 1 fully saturated rings. The first kappa shape index (κ1) is 16.9. The zero-order valence-electron chi connectivity index (χ0n) is 14.2. The predicted molar refractivity (Wildman–Crippen MR) is 99.5 cm³/mol. The van der Waals surface area contributed by atoms with Crippen LogP contribution >= 0.6 is 11.6 Å². The molecule has 134 valence electrons. The Balaban J connectivity index is 1.38. The number of halogens is 1. The van der Waals surface area contributed by atoms with Crippen LogP contribution in [0, 0.1) is 0 Å². The Labute approximate surface area is 157 Å². The summed E-state index contributed by atoms with van der Waals surface area (Å²) in [4.78, 5) is 28.6. The monoisotopic (exact) mass is 370 g/mol. The second-order valence-corrected chi connectivity index (χ2v) is 6.91. The van der Waals surface area contributed by atoms with Gasteiger partial charge in [-0.25, -0.2) is 4.79 Å². The third-order valence-corrected chi connectivity index (χ3v) is 5.28. The number of cyclic esters (lactones) is 1. The van der Waals surface area contributed by atoms with Crippen molar-refractivity contribution in [2.75, 3.05) is 31.1 Å². The van der Waals surface area contributed by atoms with E-state index < -0.39 is 6.10 Å². The van der Waals surface area contributed by atoms with Gasteiger partial charge in [0, 0.05) is 31.7 Å². The van der Waals surface area contributed by atoms with Gasteiger partial charge in [0.25, 0.3) is 0 Å². The first-order valence-electron chi connectivity index (χ1n) is 8.70. The molecule has 6 heteroatoms. The quantitative estimate of drug-likeness (QED) is 0.778. The summed E-state index contributed by atoms with van der Waals surface area (Å²) in [5.74, 6) is -0.333. The lowest BCUT2D eigenvalue weighted by Gasteiger charge is -2.36. The van der Waals surface area contributed by atoms with Crippen LogP contribution in [0.3, 0.4) is 0 Å². The van der Waals surface area contributed by atoms with Gasteiger partial charge >= 0.3 is 5.97 Å². The van der Waals surface area contributed by atoms with Crippen LogP contribution in [0.15, 0.2) is 48.5 Å². The zero-order chi connectivity index (χ0) is 18.1. The number of para-hydroxylation sites is 1. The molecule has 2 aromatic rings. The highest BCUT2D eigenvalue weighted by Crippen LogP contribution is 2.33. The molecule has 1 amide bonds. The van der Waals surface area contributed by atoms with Crippen LogP contribution in [0.1, 0.15) is 28.4 Å². The standard InChI is InChI=1S/C20H19ClN2O3/c21-16-7-3-4-8-17(16)22-9-11-23(12-10-22)19(24)13-18-14-5-1-2-6-15(14)20(25)26-18/h1-8,18H,9-13H2/t18-/m1/s1. The summed E-state index contributed by atoms with van der Waals surface area (Å²) in [6.07, 6.45) is -0.290. The fourth-order valence-electron chi connectivity index (χ4n) is 3.56. The van der Waals surface area contributed by atoms with E-state index in [9.17, 15) is 9.59 Å². The van der Waals surface area contributed by atoms with Gasteiger partial charge in [-0.05, 0) is 18.2 Å². The number of amides is 1. The Hall–Kier alpha value is -2.53. The molecule has 0 radical (unpaired) electrons. The van der Waals surface area contributed by atoms with Crippen molar-refractivity contribution >= 4 is 29.2 Å². The number of carbonyl (C=O) groups excluding carboxylic acids is 2. The zero-order valence-corrected chi connectivity index (χ0v) is 15.0. The lowest BCUT2D eigenvalue weighted by molar-refractivity contribution is -0.133. The Morgan fingerprint density at radius 1 is 1.04 bits per heavy atom. The highest BCUT2D eigenvalue weighted by molar-refractivity contribution is 6.33. The number of nitrogens with zero attached hydrogens (tertiary/aromatic N) is 2. The molecule has 2 aliphatic heterocycles. The van der Waals surface area contributed by atoms with Crippen molar-refractivity contribution < 1.29 is 14.3 Å². The second-order valence-electron chi connectivity index (χ2n) is 6.50. The van der Waals surface area contributed by atoms with E-state index in [0.717, 1.165) is 29.4 Å². The van der Waals surface area contributed by atoms with E-state index >= 15 is 0 Å². The van der Waals surface area contributed by atoms with E-state index in [0.29, 0.717) is 18.7 Å². The van der Waals surface area contributed by atoms with Crippen molar-refractivity contribution in [3.05, 3.63) is 64.7 Å². The van der Waals surface area contributed by atoms with Gasteiger partial charge in [0.1, 0.15) is 6.10 Å². The molecule has 0 N–H and O–H groups in total. The number of anilines is 1. The molecular weight excluding hydrogens is 352 g/mol. The predicted octanol–water partition coefficient (Wildman–Crippen LogP) is 3.29. The molecule has 0 saturated carbocycles. The largest absolute Gasteiger partial charge is 0.453 e. The second kappa shape index (κ2) is 7.00. The van der Waals surface area contributed by atoms with E-state index in [1.54, 1.807) is 12.1 Å². The number of carbonyl (C=O) groups is 2. The molecular formula is C20H19ClN2O3. The number of fused-ring (bicyclic) bond motifs is 1. The number of benzene rings is 2. The number of hydrogen-bond acceptors (Lipinski definition) is 4. The summed E-state index contributed by atoms with van der Waals surface area (Å²) >= 11 is 6.26.